The van der Waals surface area contributed by atoms with Crippen LogP contribution in [0.1, 0.15) is 35.8 Å². The summed E-state index contributed by atoms with van der Waals surface area (Å²) in [5, 5.41) is 15.2. The van der Waals surface area contributed by atoms with E-state index in [4.69, 9.17) is 16.3 Å². The number of methoxy groups -OCH3 is 1. The quantitative estimate of drug-likeness (QED) is 0.715. The molecular weight excluding hydrogens is 356 g/mol. The Balaban J connectivity index is 1.81. The summed E-state index contributed by atoms with van der Waals surface area (Å²) in [6.45, 7) is 1.95. The summed E-state index contributed by atoms with van der Waals surface area (Å²) >= 11 is 5.98. The molecule has 0 fully saturated rings. The molecule has 0 saturated heterocycles. The summed E-state index contributed by atoms with van der Waals surface area (Å²) in [4.78, 5) is 17.8. The molecule has 3 aromatic rings. The Morgan fingerprint density at radius 3 is 2.92 bits per heavy atom. The van der Waals surface area contributed by atoms with E-state index in [1.54, 1.807) is 33.9 Å². The summed E-state index contributed by atoms with van der Waals surface area (Å²) in [5.41, 5.74) is 3.29. The molecule has 2 atom stereocenters. The number of rotatable bonds is 3. The summed E-state index contributed by atoms with van der Waals surface area (Å²) in [6.07, 6.45) is 4.61. The third-order valence-corrected chi connectivity index (χ3v) is 5.07. The van der Waals surface area contributed by atoms with Gasteiger partial charge in [0, 0.05) is 12.3 Å². The van der Waals surface area contributed by atoms with E-state index in [-0.39, 0.29) is 17.8 Å². The van der Waals surface area contributed by atoms with Gasteiger partial charge >= 0.3 is 0 Å². The molecule has 3 heterocycles. The average molecular weight is 373 g/mol. The number of carbonyl (C=O) groups excluding carboxylic acids is 1. The van der Waals surface area contributed by atoms with Crippen molar-refractivity contribution in [3.8, 4) is 11.5 Å². The minimum absolute atomic E-state index is 0.0835. The Hall–Kier alpha value is -2.80. The number of amides is 1. The number of hydrogen-bond donors (Lipinski definition) is 1. The first-order valence-corrected chi connectivity index (χ1v) is 8.53. The van der Waals surface area contributed by atoms with Gasteiger partial charge in [-0.2, -0.15) is 5.10 Å². The first kappa shape index (κ1) is 16.7. The minimum atomic E-state index is -0.261. The van der Waals surface area contributed by atoms with Crippen LogP contribution in [0.5, 0.6) is 11.5 Å². The van der Waals surface area contributed by atoms with E-state index < -0.39 is 0 Å². The number of nitrogens with zero attached hydrogens (tertiary/aromatic N) is 4. The third-order valence-electron chi connectivity index (χ3n) is 4.87. The van der Waals surface area contributed by atoms with Gasteiger partial charge in [-0.15, -0.1) is 0 Å². The fraction of sp³-hybridized carbons (Fsp3) is 0.278. The van der Waals surface area contributed by atoms with Crippen LogP contribution in [0.25, 0.3) is 5.65 Å². The van der Waals surface area contributed by atoms with Gasteiger partial charge in [-0.3, -0.25) is 4.79 Å². The molecule has 1 aromatic carbocycles. The smallest absolute Gasteiger partial charge is 0.210 e. The lowest BCUT2D eigenvalue weighted by molar-refractivity contribution is -0.123. The summed E-state index contributed by atoms with van der Waals surface area (Å²) in [7, 11) is 1.50. The third kappa shape index (κ3) is 2.55. The molecule has 8 heteroatoms. The van der Waals surface area contributed by atoms with Crippen LogP contribution in [0.15, 0.2) is 30.6 Å². The molecule has 0 aliphatic carbocycles. The van der Waals surface area contributed by atoms with Crippen LogP contribution < -0.4 is 4.74 Å². The van der Waals surface area contributed by atoms with Gasteiger partial charge in [0.1, 0.15) is 0 Å². The van der Waals surface area contributed by atoms with E-state index in [1.807, 2.05) is 13.0 Å². The predicted molar refractivity (Wildman–Crippen MR) is 95.4 cm³/mol. The molecule has 0 spiro atoms. The lowest BCUT2D eigenvalue weighted by atomic mass is 9.87. The van der Waals surface area contributed by atoms with Crippen LogP contribution in [0, 0.1) is 0 Å². The van der Waals surface area contributed by atoms with Crippen molar-refractivity contribution in [2.75, 3.05) is 7.11 Å². The highest BCUT2D eigenvalue weighted by molar-refractivity contribution is 6.30. The lowest BCUT2D eigenvalue weighted by Crippen LogP contribution is -2.36. The van der Waals surface area contributed by atoms with Gasteiger partial charge in [0.25, 0.3) is 0 Å². The lowest BCUT2D eigenvalue weighted by Gasteiger charge is -2.38. The Morgan fingerprint density at radius 1 is 1.38 bits per heavy atom. The van der Waals surface area contributed by atoms with Crippen molar-refractivity contribution in [3.05, 3.63) is 52.4 Å². The fourth-order valence-corrected chi connectivity index (χ4v) is 3.70. The molecular formula is C18H17ClN4O3. The number of hydrogen-bond acceptors (Lipinski definition) is 5. The number of carbonyl (C=O) groups is 1. The van der Waals surface area contributed by atoms with E-state index in [0.29, 0.717) is 22.8 Å². The second-order valence-electron chi connectivity index (χ2n) is 6.32. The van der Waals surface area contributed by atoms with Gasteiger partial charge in [-0.1, -0.05) is 11.6 Å². The molecule has 134 valence electrons. The summed E-state index contributed by atoms with van der Waals surface area (Å²) < 4.78 is 6.80. The Kier molecular flexibility index (Phi) is 3.96. The summed E-state index contributed by atoms with van der Waals surface area (Å²) in [6, 6.07) is 4.89. The molecule has 1 N–H and O–H groups in total. The second kappa shape index (κ2) is 6.17. The average Bonchev–Trinajstić information content (AvgIpc) is 3.04. The molecule has 4 rings (SSSR count). The Morgan fingerprint density at radius 2 is 2.19 bits per heavy atom. The van der Waals surface area contributed by atoms with Gasteiger partial charge < -0.3 is 14.7 Å². The molecule has 7 nitrogen and oxygen atoms in total. The van der Waals surface area contributed by atoms with Gasteiger partial charge in [0.05, 0.1) is 36.1 Å². The number of fused-ring (bicyclic) bond motifs is 2. The number of aromatic nitrogens is 3. The fourth-order valence-electron chi connectivity index (χ4n) is 3.56. The first-order chi connectivity index (χ1) is 12.5. The van der Waals surface area contributed by atoms with Crippen molar-refractivity contribution in [3.63, 3.8) is 0 Å². The van der Waals surface area contributed by atoms with Crippen molar-refractivity contribution in [2.45, 2.75) is 25.4 Å². The zero-order chi connectivity index (χ0) is 18.4. The van der Waals surface area contributed by atoms with Crippen molar-refractivity contribution < 1.29 is 14.6 Å². The Labute approximate surface area is 154 Å². The zero-order valence-corrected chi connectivity index (χ0v) is 15.0. The van der Waals surface area contributed by atoms with E-state index in [2.05, 4.69) is 10.1 Å². The van der Waals surface area contributed by atoms with Crippen molar-refractivity contribution in [1.29, 1.82) is 0 Å². The molecule has 1 aliphatic rings. The van der Waals surface area contributed by atoms with Crippen molar-refractivity contribution in [2.24, 2.45) is 0 Å². The second-order valence-corrected chi connectivity index (χ2v) is 6.75. The number of ether oxygens (including phenoxy) is 1. The number of phenols is 1. The first-order valence-electron chi connectivity index (χ1n) is 8.15. The maximum absolute atomic E-state index is 11.8. The van der Waals surface area contributed by atoms with Crippen LogP contribution >= 0.6 is 11.6 Å². The molecule has 1 amide bonds. The topological polar surface area (TPSA) is 80.0 Å². The van der Waals surface area contributed by atoms with Gasteiger partial charge in [-0.25, -0.2) is 9.50 Å². The molecule has 0 bridgehead atoms. The van der Waals surface area contributed by atoms with Crippen LogP contribution in [0.3, 0.4) is 0 Å². The van der Waals surface area contributed by atoms with E-state index >= 15 is 0 Å². The maximum atomic E-state index is 11.8. The van der Waals surface area contributed by atoms with Gasteiger partial charge in [0.15, 0.2) is 17.1 Å². The molecule has 0 saturated carbocycles. The number of halogens is 1. The highest BCUT2D eigenvalue weighted by atomic mass is 35.5. The van der Waals surface area contributed by atoms with E-state index in [0.717, 1.165) is 23.2 Å². The largest absolute Gasteiger partial charge is 0.504 e. The normalized spacial score (nSPS) is 19.4. The monoisotopic (exact) mass is 372 g/mol. The Bertz CT molecular complexity index is 1000. The van der Waals surface area contributed by atoms with E-state index in [9.17, 15) is 9.90 Å². The molecule has 26 heavy (non-hydrogen) atoms. The van der Waals surface area contributed by atoms with Gasteiger partial charge in [0.2, 0.25) is 6.41 Å². The minimum Gasteiger partial charge on any atom is -0.504 e. The molecule has 2 aromatic heterocycles. The number of benzene rings is 1. The zero-order valence-electron chi connectivity index (χ0n) is 14.3. The van der Waals surface area contributed by atoms with Crippen LogP contribution in [0.2, 0.25) is 5.02 Å². The molecule has 1 aliphatic heterocycles. The SMILES string of the molecule is COc1cc2c(cc1O)CC(c1cc3ncc(Cl)cn3n1)N(C=O)C2C. The molecule has 2 unspecified atom stereocenters. The van der Waals surface area contributed by atoms with Crippen molar-refractivity contribution in [1.82, 2.24) is 19.5 Å². The van der Waals surface area contributed by atoms with Crippen LogP contribution in [-0.2, 0) is 11.2 Å². The maximum Gasteiger partial charge on any atom is 0.210 e. The van der Waals surface area contributed by atoms with E-state index in [1.165, 1.54) is 7.11 Å². The standard InChI is InChI=1S/C18H17ClN4O3/c1-10-13-5-17(26-2)16(25)4-11(13)3-15(22(10)9-24)14-6-18-20-7-12(19)8-23(18)21-14/h4-10,15,25H,3H2,1-2H3. The van der Waals surface area contributed by atoms with Crippen LogP contribution in [-0.4, -0.2) is 38.1 Å². The van der Waals surface area contributed by atoms with Crippen LogP contribution in [0.4, 0.5) is 0 Å². The van der Waals surface area contributed by atoms with Crippen molar-refractivity contribution >= 4 is 23.7 Å². The van der Waals surface area contributed by atoms with Gasteiger partial charge in [-0.05, 0) is 36.6 Å². The summed E-state index contributed by atoms with van der Waals surface area (Å²) in [5.74, 6) is 0.478. The predicted octanol–water partition coefficient (Wildman–Crippen LogP) is 2.91. The number of phenolic OH excluding ortho intramolecular Hbond substituents is 1. The highest BCUT2D eigenvalue weighted by Crippen LogP contribution is 2.42. The highest BCUT2D eigenvalue weighted by Gasteiger charge is 2.34. The number of aromatic hydroxyl groups is 1. The molecule has 0 radical (unpaired) electrons.